The summed E-state index contributed by atoms with van der Waals surface area (Å²) in [6.45, 7) is 4.13. The van der Waals surface area contributed by atoms with Crippen LogP contribution in [0.2, 0.25) is 0 Å². The summed E-state index contributed by atoms with van der Waals surface area (Å²) in [5.41, 5.74) is 8.40. The number of hydrogen-bond acceptors (Lipinski definition) is 4. The van der Waals surface area contributed by atoms with Gasteiger partial charge in [0.05, 0.1) is 24.0 Å². The van der Waals surface area contributed by atoms with Crippen LogP contribution in [0, 0.1) is 0 Å². The van der Waals surface area contributed by atoms with Crippen LogP contribution in [-0.2, 0) is 0 Å². The summed E-state index contributed by atoms with van der Waals surface area (Å²) in [6.07, 6.45) is 1.76. The van der Waals surface area contributed by atoms with E-state index < -0.39 is 0 Å². The quantitative estimate of drug-likeness (QED) is 0.797. The summed E-state index contributed by atoms with van der Waals surface area (Å²) < 4.78 is 5.28. The van der Waals surface area contributed by atoms with Gasteiger partial charge in [0.1, 0.15) is 5.75 Å². The molecular formula is C13H17N3O. The summed E-state index contributed by atoms with van der Waals surface area (Å²) in [4.78, 5) is 4.37. The molecule has 0 aliphatic carbocycles. The van der Waals surface area contributed by atoms with E-state index >= 15 is 0 Å². The fourth-order valence-electron chi connectivity index (χ4n) is 1.82. The lowest BCUT2D eigenvalue weighted by Crippen LogP contribution is -2.12. The Bertz CT molecular complexity index is 537. The fraction of sp³-hybridized carbons (Fsp3) is 0.308. The maximum absolute atomic E-state index is 6.08. The van der Waals surface area contributed by atoms with Crippen molar-refractivity contribution in [3.05, 3.63) is 24.4 Å². The van der Waals surface area contributed by atoms with E-state index in [1.54, 1.807) is 13.3 Å². The molecule has 0 amide bonds. The second kappa shape index (κ2) is 4.49. The van der Waals surface area contributed by atoms with Crippen molar-refractivity contribution < 1.29 is 4.74 Å². The van der Waals surface area contributed by atoms with Gasteiger partial charge in [-0.05, 0) is 26.0 Å². The SMILES string of the molecule is COc1cc2cccnc2c(NC(C)C)c1N. The molecule has 1 aromatic heterocycles. The van der Waals surface area contributed by atoms with Gasteiger partial charge in [-0.2, -0.15) is 0 Å². The molecule has 90 valence electrons. The van der Waals surface area contributed by atoms with E-state index in [1.807, 2.05) is 18.2 Å². The highest BCUT2D eigenvalue weighted by molar-refractivity contribution is 5.99. The molecule has 2 aromatic rings. The van der Waals surface area contributed by atoms with Crippen LogP contribution >= 0.6 is 0 Å². The molecule has 4 nitrogen and oxygen atoms in total. The number of nitrogens with zero attached hydrogens (tertiary/aromatic N) is 1. The average Bonchev–Trinajstić information content (AvgIpc) is 2.32. The zero-order valence-corrected chi connectivity index (χ0v) is 10.3. The molecule has 0 saturated carbocycles. The number of aromatic nitrogens is 1. The minimum atomic E-state index is 0.287. The third kappa shape index (κ3) is 2.11. The van der Waals surface area contributed by atoms with E-state index in [0.717, 1.165) is 16.6 Å². The van der Waals surface area contributed by atoms with Gasteiger partial charge < -0.3 is 15.8 Å². The molecule has 1 aromatic carbocycles. The van der Waals surface area contributed by atoms with Crippen molar-refractivity contribution in [2.24, 2.45) is 0 Å². The Kier molecular flexibility index (Phi) is 3.04. The number of nitrogen functional groups attached to an aromatic ring is 1. The summed E-state index contributed by atoms with van der Waals surface area (Å²) in [5.74, 6) is 0.675. The van der Waals surface area contributed by atoms with Gasteiger partial charge >= 0.3 is 0 Å². The van der Waals surface area contributed by atoms with Crippen LogP contribution in [0.1, 0.15) is 13.8 Å². The third-order valence-electron chi connectivity index (χ3n) is 2.55. The van der Waals surface area contributed by atoms with Crippen LogP contribution in [0.15, 0.2) is 24.4 Å². The van der Waals surface area contributed by atoms with Crippen molar-refractivity contribution in [2.45, 2.75) is 19.9 Å². The van der Waals surface area contributed by atoms with Crippen LogP contribution in [-0.4, -0.2) is 18.1 Å². The van der Waals surface area contributed by atoms with Gasteiger partial charge in [-0.1, -0.05) is 6.07 Å². The molecule has 3 N–H and O–H groups in total. The Hall–Kier alpha value is -1.97. The summed E-state index contributed by atoms with van der Waals surface area (Å²) in [6, 6.07) is 6.09. The highest BCUT2D eigenvalue weighted by atomic mass is 16.5. The first-order chi connectivity index (χ1) is 8.13. The minimum absolute atomic E-state index is 0.287. The minimum Gasteiger partial charge on any atom is -0.494 e. The molecule has 17 heavy (non-hydrogen) atoms. The number of hydrogen-bond donors (Lipinski definition) is 2. The summed E-state index contributed by atoms with van der Waals surface area (Å²) in [5, 5.41) is 4.34. The molecule has 0 aliphatic heterocycles. The van der Waals surface area contributed by atoms with E-state index in [2.05, 4.69) is 24.1 Å². The molecule has 0 atom stereocenters. The van der Waals surface area contributed by atoms with Crippen molar-refractivity contribution in [1.82, 2.24) is 4.98 Å². The van der Waals surface area contributed by atoms with Gasteiger partial charge in [-0.25, -0.2) is 0 Å². The number of rotatable bonds is 3. The first-order valence-corrected chi connectivity index (χ1v) is 5.61. The average molecular weight is 231 g/mol. The predicted molar refractivity (Wildman–Crippen MR) is 71.5 cm³/mol. The molecule has 0 radical (unpaired) electrons. The molecular weight excluding hydrogens is 214 g/mol. The Labute approximate surface area is 101 Å². The monoisotopic (exact) mass is 231 g/mol. The number of nitrogens with one attached hydrogen (secondary N) is 1. The van der Waals surface area contributed by atoms with E-state index in [9.17, 15) is 0 Å². The number of methoxy groups -OCH3 is 1. The Morgan fingerprint density at radius 3 is 2.82 bits per heavy atom. The molecule has 0 spiro atoms. The highest BCUT2D eigenvalue weighted by Gasteiger charge is 2.12. The molecule has 0 fully saturated rings. The molecule has 4 heteroatoms. The first kappa shape index (κ1) is 11.5. The Morgan fingerprint density at radius 2 is 2.18 bits per heavy atom. The standard InChI is InChI=1S/C13H17N3O/c1-8(2)16-13-11(14)10(17-3)7-9-5-4-6-15-12(9)13/h4-8,16H,14H2,1-3H3. The van der Waals surface area contributed by atoms with E-state index in [-0.39, 0.29) is 6.04 Å². The van der Waals surface area contributed by atoms with Crippen LogP contribution in [0.3, 0.4) is 0 Å². The molecule has 0 bridgehead atoms. The fourth-order valence-corrected chi connectivity index (χ4v) is 1.82. The molecule has 0 aliphatic rings. The second-order valence-electron chi connectivity index (χ2n) is 4.24. The van der Waals surface area contributed by atoms with E-state index in [4.69, 9.17) is 10.5 Å². The molecule has 2 rings (SSSR count). The van der Waals surface area contributed by atoms with E-state index in [1.165, 1.54) is 0 Å². The topological polar surface area (TPSA) is 60.2 Å². The third-order valence-corrected chi connectivity index (χ3v) is 2.55. The van der Waals surface area contributed by atoms with Gasteiger partial charge in [0, 0.05) is 17.6 Å². The van der Waals surface area contributed by atoms with Gasteiger partial charge in [-0.15, -0.1) is 0 Å². The number of nitrogens with two attached hydrogens (primary N) is 1. The second-order valence-corrected chi connectivity index (χ2v) is 4.24. The molecule has 1 heterocycles. The summed E-state index contributed by atoms with van der Waals surface area (Å²) >= 11 is 0. The number of pyridine rings is 1. The van der Waals surface area contributed by atoms with Crippen LogP contribution < -0.4 is 15.8 Å². The smallest absolute Gasteiger partial charge is 0.144 e. The number of benzene rings is 1. The van der Waals surface area contributed by atoms with E-state index in [0.29, 0.717) is 11.4 Å². The summed E-state index contributed by atoms with van der Waals surface area (Å²) in [7, 11) is 1.62. The van der Waals surface area contributed by atoms with Gasteiger partial charge in [0.25, 0.3) is 0 Å². The first-order valence-electron chi connectivity index (χ1n) is 5.61. The van der Waals surface area contributed by atoms with Crippen molar-refractivity contribution in [3.63, 3.8) is 0 Å². The number of anilines is 2. The van der Waals surface area contributed by atoms with Gasteiger partial charge in [0.2, 0.25) is 0 Å². The number of fused-ring (bicyclic) bond motifs is 1. The van der Waals surface area contributed by atoms with Crippen LogP contribution in [0.5, 0.6) is 5.75 Å². The zero-order valence-electron chi connectivity index (χ0n) is 10.3. The molecule has 0 saturated heterocycles. The van der Waals surface area contributed by atoms with Crippen molar-refractivity contribution in [2.75, 3.05) is 18.2 Å². The van der Waals surface area contributed by atoms with Gasteiger partial charge in [0.15, 0.2) is 0 Å². The number of ether oxygens (including phenoxy) is 1. The lowest BCUT2D eigenvalue weighted by atomic mass is 10.1. The largest absolute Gasteiger partial charge is 0.494 e. The Balaban J connectivity index is 2.70. The normalized spacial score (nSPS) is 10.8. The van der Waals surface area contributed by atoms with Crippen LogP contribution in [0.4, 0.5) is 11.4 Å². The highest BCUT2D eigenvalue weighted by Crippen LogP contribution is 2.36. The zero-order chi connectivity index (χ0) is 12.4. The lowest BCUT2D eigenvalue weighted by Gasteiger charge is -2.17. The predicted octanol–water partition coefficient (Wildman–Crippen LogP) is 2.65. The van der Waals surface area contributed by atoms with Crippen LogP contribution in [0.25, 0.3) is 10.9 Å². The van der Waals surface area contributed by atoms with Gasteiger partial charge in [-0.3, -0.25) is 4.98 Å². The maximum Gasteiger partial charge on any atom is 0.144 e. The Morgan fingerprint density at radius 1 is 1.41 bits per heavy atom. The van der Waals surface area contributed by atoms with Crippen molar-refractivity contribution >= 4 is 22.3 Å². The lowest BCUT2D eigenvalue weighted by molar-refractivity contribution is 0.417. The van der Waals surface area contributed by atoms with Crippen molar-refractivity contribution in [1.29, 1.82) is 0 Å². The maximum atomic E-state index is 6.08. The van der Waals surface area contributed by atoms with Crippen molar-refractivity contribution in [3.8, 4) is 5.75 Å². The molecule has 0 unspecified atom stereocenters.